The summed E-state index contributed by atoms with van der Waals surface area (Å²) in [5, 5.41) is 5.49. The van der Waals surface area contributed by atoms with E-state index in [4.69, 9.17) is 14.7 Å². The van der Waals surface area contributed by atoms with Gasteiger partial charge in [0.05, 0.1) is 32.0 Å². The first-order valence-electron chi connectivity index (χ1n) is 10.2. The summed E-state index contributed by atoms with van der Waals surface area (Å²) in [4.78, 5) is 37.3. The van der Waals surface area contributed by atoms with Gasteiger partial charge < -0.3 is 25.2 Å². The normalized spacial score (nSPS) is 15.7. The van der Waals surface area contributed by atoms with Crippen LogP contribution in [0, 0.1) is 0 Å². The molecule has 3 amide bonds. The van der Waals surface area contributed by atoms with Gasteiger partial charge in [0.25, 0.3) is 0 Å². The van der Waals surface area contributed by atoms with Crippen LogP contribution in [0.4, 0.5) is 16.3 Å². The van der Waals surface area contributed by atoms with Crippen molar-refractivity contribution in [2.75, 3.05) is 43.1 Å². The van der Waals surface area contributed by atoms with Crippen LogP contribution in [-0.4, -0.2) is 59.7 Å². The van der Waals surface area contributed by atoms with Gasteiger partial charge in [-0.25, -0.2) is 14.8 Å². The highest BCUT2D eigenvalue weighted by Gasteiger charge is 2.29. The third-order valence-electron chi connectivity index (χ3n) is 5.25. The summed E-state index contributed by atoms with van der Waals surface area (Å²) in [6.45, 7) is 7.88. The molecule has 2 aromatic rings. The van der Waals surface area contributed by atoms with E-state index >= 15 is 0 Å². The minimum absolute atomic E-state index is 0.0308. The zero-order valence-corrected chi connectivity index (χ0v) is 17.3. The van der Waals surface area contributed by atoms with E-state index in [-0.39, 0.29) is 11.9 Å². The highest BCUT2D eigenvalue weighted by atomic mass is 16.5. The molecule has 0 unspecified atom stereocenters. The van der Waals surface area contributed by atoms with Crippen molar-refractivity contribution < 1.29 is 14.3 Å². The molecule has 0 radical (unpaired) electrons. The Morgan fingerprint density at radius 3 is 2.50 bits per heavy atom. The van der Waals surface area contributed by atoms with Crippen molar-refractivity contribution in [2.45, 2.75) is 26.9 Å². The van der Waals surface area contributed by atoms with E-state index in [0.29, 0.717) is 44.4 Å². The molecule has 3 heterocycles. The lowest BCUT2D eigenvalue weighted by Crippen LogP contribution is -2.37. The number of hydrogen-bond donors (Lipinski definition) is 2. The van der Waals surface area contributed by atoms with Gasteiger partial charge in [0, 0.05) is 43.4 Å². The molecule has 0 bridgehead atoms. The van der Waals surface area contributed by atoms with Gasteiger partial charge >= 0.3 is 6.03 Å². The van der Waals surface area contributed by atoms with Gasteiger partial charge in [-0.15, -0.1) is 0 Å². The molecule has 2 aliphatic heterocycles. The predicted octanol–water partition coefficient (Wildman–Crippen LogP) is 1.98. The Morgan fingerprint density at radius 2 is 1.83 bits per heavy atom. The number of carbonyl (C=O) groups is 2. The maximum Gasteiger partial charge on any atom is 0.319 e. The van der Waals surface area contributed by atoms with Gasteiger partial charge in [-0.1, -0.05) is 0 Å². The number of hydrogen-bond acceptors (Lipinski definition) is 6. The average molecular weight is 410 g/mol. The van der Waals surface area contributed by atoms with Crippen molar-refractivity contribution in [3.8, 4) is 11.4 Å². The lowest BCUT2D eigenvalue weighted by molar-refractivity contribution is -0.129. The molecular formula is C21H26N6O3. The second kappa shape index (κ2) is 8.66. The summed E-state index contributed by atoms with van der Waals surface area (Å²) in [7, 11) is 0. The van der Waals surface area contributed by atoms with E-state index in [9.17, 15) is 9.59 Å². The van der Waals surface area contributed by atoms with Crippen LogP contribution in [0.5, 0.6) is 0 Å². The number of anilines is 2. The van der Waals surface area contributed by atoms with Crippen LogP contribution in [-0.2, 0) is 22.6 Å². The summed E-state index contributed by atoms with van der Waals surface area (Å²) in [5.74, 6) is 1.53. The number of benzene rings is 1. The molecule has 4 rings (SSSR count). The number of urea groups is 1. The molecule has 2 N–H and O–H groups in total. The molecule has 0 aliphatic carbocycles. The standard InChI is InChI=1S/C21H26N6O3/c1-3-22-21(29)23-16-6-4-15(5-7-16)19-24-18-13-27(14(2)28)12-17(18)20(25-19)26-8-10-30-11-9-26/h4-7H,3,8-13H2,1-2H3,(H2,22,23,29). The summed E-state index contributed by atoms with van der Waals surface area (Å²) in [5.41, 5.74) is 3.46. The number of amides is 3. The van der Waals surface area contributed by atoms with Gasteiger partial charge in [0.2, 0.25) is 5.91 Å². The summed E-state index contributed by atoms with van der Waals surface area (Å²) in [6.07, 6.45) is 0. The maximum atomic E-state index is 11.9. The molecule has 1 saturated heterocycles. The quantitative estimate of drug-likeness (QED) is 0.800. The highest BCUT2D eigenvalue weighted by Crippen LogP contribution is 2.32. The number of fused-ring (bicyclic) bond motifs is 1. The number of morpholine rings is 1. The first-order chi connectivity index (χ1) is 14.5. The molecule has 30 heavy (non-hydrogen) atoms. The van der Waals surface area contributed by atoms with Gasteiger partial charge in [-0.05, 0) is 31.2 Å². The monoisotopic (exact) mass is 410 g/mol. The molecule has 9 nitrogen and oxygen atoms in total. The molecule has 9 heteroatoms. The third kappa shape index (κ3) is 4.20. The first kappa shape index (κ1) is 20.1. The lowest BCUT2D eigenvalue weighted by Gasteiger charge is -2.29. The number of ether oxygens (including phenoxy) is 1. The molecule has 2 aliphatic rings. The maximum absolute atomic E-state index is 11.9. The average Bonchev–Trinajstić information content (AvgIpc) is 3.19. The van der Waals surface area contributed by atoms with Crippen LogP contribution in [0.15, 0.2) is 24.3 Å². The topological polar surface area (TPSA) is 99.7 Å². The van der Waals surface area contributed by atoms with Crippen LogP contribution in [0.25, 0.3) is 11.4 Å². The van der Waals surface area contributed by atoms with Crippen molar-refractivity contribution in [3.63, 3.8) is 0 Å². The number of aromatic nitrogens is 2. The number of rotatable bonds is 4. The minimum atomic E-state index is -0.238. The Bertz CT molecular complexity index is 941. The van der Waals surface area contributed by atoms with Crippen molar-refractivity contribution in [2.24, 2.45) is 0 Å². The molecule has 1 fully saturated rings. The van der Waals surface area contributed by atoms with Gasteiger partial charge in [0.1, 0.15) is 5.82 Å². The Morgan fingerprint density at radius 1 is 1.10 bits per heavy atom. The molecule has 1 aromatic carbocycles. The van der Waals surface area contributed by atoms with Crippen LogP contribution in [0.2, 0.25) is 0 Å². The molecule has 158 valence electrons. The minimum Gasteiger partial charge on any atom is -0.378 e. The largest absolute Gasteiger partial charge is 0.378 e. The van der Waals surface area contributed by atoms with Crippen molar-refractivity contribution in [3.05, 3.63) is 35.5 Å². The summed E-state index contributed by atoms with van der Waals surface area (Å²) in [6, 6.07) is 7.21. The van der Waals surface area contributed by atoms with Crippen molar-refractivity contribution in [1.82, 2.24) is 20.2 Å². The van der Waals surface area contributed by atoms with Crippen LogP contribution < -0.4 is 15.5 Å². The summed E-state index contributed by atoms with van der Waals surface area (Å²) >= 11 is 0. The van der Waals surface area contributed by atoms with E-state index in [1.54, 1.807) is 11.8 Å². The van der Waals surface area contributed by atoms with Gasteiger partial charge in [-0.2, -0.15) is 0 Å². The Kier molecular flexibility index (Phi) is 5.80. The Balaban J connectivity index is 1.64. The Hall–Kier alpha value is -3.20. The van der Waals surface area contributed by atoms with Crippen LogP contribution in [0.3, 0.4) is 0 Å². The molecule has 0 saturated carbocycles. The van der Waals surface area contributed by atoms with Gasteiger partial charge in [-0.3, -0.25) is 4.79 Å². The lowest BCUT2D eigenvalue weighted by atomic mass is 10.1. The van der Waals surface area contributed by atoms with E-state index in [0.717, 1.165) is 35.7 Å². The Labute approximate surface area is 175 Å². The summed E-state index contributed by atoms with van der Waals surface area (Å²) < 4.78 is 5.49. The van der Waals surface area contributed by atoms with E-state index < -0.39 is 0 Å². The van der Waals surface area contributed by atoms with Crippen molar-refractivity contribution in [1.29, 1.82) is 0 Å². The highest BCUT2D eigenvalue weighted by molar-refractivity contribution is 5.89. The zero-order valence-electron chi connectivity index (χ0n) is 17.3. The van der Waals surface area contributed by atoms with Crippen LogP contribution in [0.1, 0.15) is 25.1 Å². The molecule has 0 atom stereocenters. The van der Waals surface area contributed by atoms with E-state index in [1.807, 2.05) is 31.2 Å². The van der Waals surface area contributed by atoms with E-state index in [1.165, 1.54) is 0 Å². The third-order valence-corrected chi connectivity index (χ3v) is 5.25. The SMILES string of the molecule is CCNC(=O)Nc1ccc(-c2nc3c(c(N4CCOCC4)n2)CN(C(C)=O)C3)cc1. The van der Waals surface area contributed by atoms with Gasteiger partial charge in [0.15, 0.2) is 5.82 Å². The fourth-order valence-corrected chi connectivity index (χ4v) is 3.66. The number of nitrogens with one attached hydrogen (secondary N) is 2. The second-order valence-electron chi connectivity index (χ2n) is 7.33. The molecular weight excluding hydrogens is 384 g/mol. The zero-order chi connectivity index (χ0) is 21.1. The van der Waals surface area contributed by atoms with Crippen molar-refractivity contribution >= 4 is 23.4 Å². The van der Waals surface area contributed by atoms with E-state index in [2.05, 4.69) is 15.5 Å². The first-order valence-corrected chi connectivity index (χ1v) is 10.2. The fourth-order valence-electron chi connectivity index (χ4n) is 3.66. The molecule has 1 aromatic heterocycles. The molecule has 0 spiro atoms. The second-order valence-corrected chi connectivity index (χ2v) is 7.33. The predicted molar refractivity (Wildman–Crippen MR) is 113 cm³/mol. The number of nitrogens with zero attached hydrogens (tertiary/aromatic N) is 4. The fraction of sp³-hybridized carbons (Fsp3) is 0.429. The smallest absolute Gasteiger partial charge is 0.319 e. The van der Waals surface area contributed by atoms with Crippen LogP contribution >= 0.6 is 0 Å². The number of carbonyl (C=O) groups excluding carboxylic acids is 2.